The molecule has 0 spiro atoms. The Bertz CT molecular complexity index is 164. The van der Waals surface area contributed by atoms with Crippen molar-refractivity contribution in [2.45, 2.75) is 32.1 Å². The summed E-state index contributed by atoms with van der Waals surface area (Å²) in [5.41, 5.74) is 0.439. The van der Waals surface area contributed by atoms with E-state index in [1.54, 1.807) is 6.92 Å². The fraction of sp³-hybridized carbons (Fsp3) is 0.667. The first-order valence-corrected chi connectivity index (χ1v) is 4.44. The summed E-state index contributed by atoms with van der Waals surface area (Å²) in [6.07, 6.45) is 1.68. The van der Waals surface area contributed by atoms with Gasteiger partial charge in [0.05, 0.1) is 6.61 Å². The number of ether oxygens (including phenoxy) is 1. The van der Waals surface area contributed by atoms with E-state index in [2.05, 4.69) is 6.58 Å². The van der Waals surface area contributed by atoms with Crippen molar-refractivity contribution in [2.75, 3.05) is 6.61 Å². The molecule has 0 aliphatic carbocycles. The van der Waals surface area contributed by atoms with Crippen LogP contribution in [0.4, 0.5) is 0 Å². The molecule has 0 aromatic carbocycles. The second kappa shape index (κ2) is 6.06. The van der Waals surface area contributed by atoms with E-state index in [-0.39, 0.29) is 11.3 Å². The van der Waals surface area contributed by atoms with Crippen molar-refractivity contribution in [3.8, 4) is 0 Å². The van der Waals surface area contributed by atoms with Gasteiger partial charge in [-0.2, -0.15) is 0 Å². The highest BCUT2D eigenvalue weighted by molar-refractivity contribution is 6.20. The summed E-state index contributed by atoms with van der Waals surface area (Å²) in [7, 11) is 0. The van der Waals surface area contributed by atoms with Gasteiger partial charge in [0.2, 0.25) is 0 Å². The molecule has 1 atom stereocenters. The predicted molar refractivity (Wildman–Crippen MR) is 50.3 cm³/mol. The average Bonchev–Trinajstić information content (AvgIpc) is 1.97. The molecule has 1 unspecified atom stereocenters. The topological polar surface area (TPSA) is 26.3 Å². The second-order valence-electron chi connectivity index (χ2n) is 2.84. The molecule has 0 aliphatic heterocycles. The largest absolute Gasteiger partial charge is 0.462 e. The van der Waals surface area contributed by atoms with Crippen molar-refractivity contribution in [1.82, 2.24) is 0 Å². The Kier molecular flexibility index (Phi) is 5.81. The van der Waals surface area contributed by atoms with Crippen LogP contribution in [-0.4, -0.2) is 18.0 Å². The molecule has 0 saturated carbocycles. The number of hydrogen-bond acceptors (Lipinski definition) is 2. The smallest absolute Gasteiger partial charge is 0.333 e. The van der Waals surface area contributed by atoms with Crippen LogP contribution in [-0.2, 0) is 9.53 Å². The molecule has 2 nitrogen and oxygen atoms in total. The lowest BCUT2D eigenvalue weighted by molar-refractivity contribution is -0.139. The first kappa shape index (κ1) is 11.5. The Labute approximate surface area is 78.5 Å². The summed E-state index contributed by atoms with van der Waals surface area (Å²) in [4.78, 5) is 10.8. The summed E-state index contributed by atoms with van der Waals surface area (Å²) in [6, 6.07) is 0. The first-order valence-electron chi connectivity index (χ1n) is 4.00. The number of carbonyl (C=O) groups excluding carboxylic acids is 1. The third kappa shape index (κ3) is 6.23. The van der Waals surface area contributed by atoms with Crippen molar-refractivity contribution < 1.29 is 9.53 Å². The van der Waals surface area contributed by atoms with Crippen LogP contribution in [0, 0.1) is 0 Å². The molecule has 0 aliphatic rings. The van der Waals surface area contributed by atoms with Gasteiger partial charge in [0.1, 0.15) is 0 Å². The van der Waals surface area contributed by atoms with Gasteiger partial charge in [0, 0.05) is 11.0 Å². The van der Waals surface area contributed by atoms with Crippen molar-refractivity contribution in [3.63, 3.8) is 0 Å². The number of halogens is 1. The number of carbonyl (C=O) groups is 1. The summed E-state index contributed by atoms with van der Waals surface area (Å²) in [5, 5.41) is 0.147. The highest BCUT2D eigenvalue weighted by Crippen LogP contribution is 2.04. The highest BCUT2D eigenvalue weighted by atomic mass is 35.5. The van der Waals surface area contributed by atoms with E-state index in [4.69, 9.17) is 16.3 Å². The number of hydrogen-bond donors (Lipinski definition) is 0. The monoisotopic (exact) mass is 190 g/mol. The summed E-state index contributed by atoms with van der Waals surface area (Å²) in [6.45, 7) is 7.45. The van der Waals surface area contributed by atoms with Crippen LogP contribution in [0.1, 0.15) is 26.7 Å². The average molecular weight is 191 g/mol. The van der Waals surface area contributed by atoms with Crippen molar-refractivity contribution >= 4 is 17.6 Å². The molecule has 0 N–H and O–H groups in total. The molecule has 12 heavy (non-hydrogen) atoms. The van der Waals surface area contributed by atoms with Crippen molar-refractivity contribution in [2.24, 2.45) is 0 Å². The minimum absolute atomic E-state index is 0.147. The van der Waals surface area contributed by atoms with Crippen molar-refractivity contribution in [1.29, 1.82) is 0 Å². The standard InChI is InChI=1S/C9H15ClO2/c1-7(2)9(11)12-6-4-5-8(3)10/h8H,1,4-6H2,2-3H3. The Morgan fingerprint density at radius 1 is 1.67 bits per heavy atom. The Morgan fingerprint density at radius 2 is 2.25 bits per heavy atom. The van der Waals surface area contributed by atoms with Crippen LogP contribution in [0.25, 0.3) is 0 Å². The SMILES string of the molecule is C=C(C)C(=O)OCCCC(C)Cl. The predicted octanol–water partition coefficient (Wildman–Crippen LogP) is 2.51. The molecule has 0 bridgehead atoms. The van der Waals surface area contributed by atoms with E-state index >= 15 is 0 Å². The fourth-order valence-electron chi connectivity index (χ4n) is 0.653. The van der Waals surface area contributed by atoms with Crippen LogP contribution in [0.2, 0.25) is 0 Å². The minimum atomic E-state index is -0.322. The second-order valence-corrected chi connectivity index (χ2v) is 3.58. The van der Waals surface area contributed by atoms with Gasteiger partial charge in [-0.25, -0.2) is 4.79 Å². The number of rotatable bonds is 5. The quantitative estimate of drug-likeness (QED) is 0.288. The van der Waals surface area contributed by atoms with Crippen LogP contribution in [0.3, 0.4) is 0 Å². The lowest BCUT2D eigenvalue weighted by Gasteiger charge is -2.04. The molecule has 0 aromatic rings. The van der Waals surface area contributed by atoms with Crippen molar-refractivity contribution in [3.05, 3.63) is 12.2 Å². The van der Waals surface area contributed by atoms with E-state index in [0.717, 1.165) is 12.8 Å². The van der Waals surface area contributed by atoms with E-state index in [1.807, 2.05) is 6.92 Å². The molecular formula is C9H15ClO2. The van der Waals surface area contributed by atoms with E-state index in [0.29, 0.717) is 12.2 Å². The van der Waals surface area contributed by atoms with Gasteiger partial charge in [-0.05, 0) is 26.7 Å². The molecule has 70 valence electrons. The lowest BCUT2D eigenvalue weighted by Crippen LogP contribution is -2.07. The number of esters is 1. The summed E-state index contributed by atoms with van der Waals surface area (Å²) in [5.74, 6) is -0.322. The minimum Gasteiger partial charge on any atom is -0.462 e. The molecule has 0 rings (SSSR count). The molecular weight excluding hydrogens is 176 g/mol. The van der Waals surface area contributed by atoms with Gasteiger partial charge >= 0.3 is 5.97 Å². The van der Waals surface area contributed by atoms with Crippen LogP contribution in [0.15, 0.2) is 12.2 Å². The molecule has 0 amide bonds. The van der Waals surface area contributed by atoms with E-state index < -0.39 is 0 Å². The normalized spacial score (nSPS) is 12.2. The van der Waals surface area contributed by atoms with Gasteiger partial charge in [-0.1, -0.05) is 6.58 Å². The molecule has 3 heteroatoms. The Balaban J connectivity index is 3.32. The third-order valence-corrected chi connectivity index (χ3v) is 1.55. The van der Waals surface area contributed by atoms with E-state index in [1.165, 1.54) is 0 Å². The van der Waals surface area contributed by atoms with Gasteiger partial charge in [-0.15, -0.1) is 11.6 Å². The zero-order valence-electron chi connectivity index (χ0n) is 7.60. The third-order valence-electron chi connectivity index (χ3n) is 1.33. The molecule has 0 heterocycles. The molecule has 0 radical (unpaired) electrons. The zero-order chi connectivity index (χ0) is 9.56. The molecule has 0 fully saturated rings. The van der Waals surface area contributed by atoms with Gasteiger partial charge in [0.15, 0.2) is 0 Å². The van der Waals surface area contributed by atoms with E-state index in [9.17, 15) is 4.79 Å². The zero-order valence-corrected chi connectivity index (χ0v) is 8.36. The highest BCUT2D eigenvalue weighted by Gasteiger charge is 2.02. The summed E-state index contributed by atoms with van der Waals surface area (Å²) < 4.78 is 4.86. The van der Waals surface area contributed by atoms with Gasteiger partial charge < -0.3 is 4.74 Å². The maximum absolute atomic E-state index is 10.8. The fourth-order valence-corrected chi connectivity index (χ4v) is 0.807. The Hall–Kier alpha value is -0.500. The molecule has 0 aromatic heterocycles. The van der Waals surface area contributed by atoms with Crippen LogP contribution in [0.5, 0.6) is 0 Å². The van der Waals surface area contributed by atoms with Crippen LogP contribution < -0.4 is 0 Å². The maximum atomic E-state index is 10.8. The van der Waals surface area contributed by atoms with Gasteiger partial charge in [0.25, 0.3) is 0 Å². The van der Waals surface area contributed by atoms with Gasteiger partial charge in [-0.3, -0.25) is 0 Å². The summed E-state index contributed by atoms with van der Waals surface area (Å²) >= 11 is 5.70. The lowest BCUT2D eigenvalue weighted by atomic mass is 10.2. The first-order chi connectivity index (χ1) is 5.54. The number of alkyl halides is 1. The van der Waals surface area contributed by atoms with Crippen LogP contribution >= 0.6 is 11.6 Å². The maximum Gasteiger partial charge on any atom is 0.333 e. The molecule has 0 saturated heterocycles. The Morgan fingerprint density at radius 3 is 2.67 bits per heavy atom.